The van der Waals surface area contributed by atoms with Gasteiger partial charge in [0, 0.05) is 36.8 Å². The maximum Gasteiger partial charge on any atom is 0.228 e. The quantitative estimate of drug-likeness (QED) is 0.695. The van der Waals surface area contributed by atoms with Crippen molar-refractivity contribution in [3.8, 4) is 17.0 Å². The van der Waals surface area contributed by atoms with Crippen molar-refractivity contribution in [2.24, 2.45) is 13.0 Å². The van der Waals surface area contributed by atoms with Gasteiger partial charge in [-0.2, -0.15) is 10.2 Å². The summed E-state index contributed by atoms with van der Waals surface area (Å²) in [6.07, 6.45) is 8.03. The SMILES string of the molecule is CN1CCC[C@H]1COc1cnn(C)c1-c1ccn2nc(NC(=O)C3CC3)cc2c1. The minimum Gasteiger partial charge on any atom is -0.488 e. The van der Waals surface area contributed by atoms with Crippen LogP contribution in [0.2, 0.25) is 0 Å². The van der Waals surface area contributed by atoms with Crippen LogP contribution in [0.15, 0.2) is 30.6 Å². The smallest absolute Gasteiger partial charge is 0.228 e. The molecule has 1 atom stereocenters. The van der Waals surface area contributed by atoms with Crippen molar-refractivity contribution in [2.45, 2.75) is 31.7 Å². The molecule has 1 saturated carbocycles. The fourth-order valence-corrected chi connectivity index (χ4v) is 4.00. The van der Waals surface area contributed by atoms with Crippen LogP contribution < -0.4 is 10.1 Å². The number of hydrogen-bond acceptors (Lipinski definition) is 5. The highest BCUT2D eigenvalue weighted by Gasteiger charge is 2.30. The molecular weight excluding hydrogens is 368 g/mol. The Kier molecular flexibility index (Phi) is 4.50. The number of anilines is 1. The van der Waals surface area contributed by atoms with Gasteiger partial charge in [0.15, 0.2) is 11.6 Å². The maximum atomic E-state index is 12.0. The van der Waals surface area contributed by atoms with Crippen LogP contribution in [-0.4, -0.2) is 56.4 Å². The summed E-state index contributed by atoms with van der Waals surface area (Å²) >= 11 is 0. The Hall–Kier alpha value is -2.87. The van der Waals surface area contributed by atoms with Crippen LogP contribution in [0.1, 0.15) is 25.7 Å². The van der Waals surface area contributed by atoms with E-state index in [2.05, 4.69) is 27.5 Å². The molecule has 1 amide bonds. The number of rotatable bonds is 6. The molecule has 0 bridgehead atoms. The van der Waals surface area contributed by atoms with Crippen molar-refractivity contribution in [2.75, 3.05) is 25.5 Å². The molecule has 8 nitrogen and oxygen atoms in total. The molecule has 0 spiro atoms. The first-order chi connectivity index (χ1) is 14.1. The van der Waals surface area contributed by atoms with E-state index in [0.29, 0.717) is 18.5 Å². The number of carbonyl (C=O) groups is 1. The van der Waals surface area contributed by atoms with Crippen molar-refractivity contribution >= 4 is 17.2 Å². The summed E-state index contributed by atoms with van der Waals surface area (Å²) < 4.78 is 9.78. The standard InChI is InChI=1S/C21H26N6O2/c1-25-8-3-4-16(25)13-29-18-12-22-26(2)20(18)15-7-9-27-17(10-15)11-19(24-27)23-21(28)14-5-6-14/h7,9-12,14,16H,3-6,8,13H2,1-2H3,(H,23,24,28)/t16-/m0/s1. The highest BCUT2D eigenvalue weighted by Crippen LogP contribution is 2.32. The van der Waals surface area contributed by atoms with Gasteiger partial charge < -0.3 is 15.0 Å². The molecule has 1 aliphatic carbocycles. The van der Waals surface area contributed by atoms with Crippen LogP contribution in [0.4, 0.5) is 5.82 Å². The van der Waals surface area contributed by atoms with Gasteiger partial charge in [-0.05, 0) is 51.4 Å². The number of amides is 1. The van der Waals surface area contributed by atoms with E-state index >= 15 is 0 Å². The van der Waals surface area contributed by atoms with Crippen molar-refractivity contribution in [3.63, 3.8) is 0 Å². The fraction of sp³-hybridized carbons (Fsp3) is 0.476. The van der Waals surface area contributed by atoms with Gasteiger partial charge in [-0.25, -0.2) is 4.52 Å². The third kappa shape index (κ3) is 3.60. The molecule has 2 aliphatic rings. The molecule has 0 aromatic carbocycles. The Bertz CT molecular complexity index is 1050. The Morgan fingerprint density at radius 2 is 2.14 bits per heavy atom. The van der Waals surface area contributed by atoms with Gasteiger partial charge in [-0.1, -0.05) is 0 Å². The second-order valence-electron chi connectivity index (χ2n) is 8.15. The van der Waals surface area contributed by atoms with E-state index in [1.807, 2.05) is 36.1 Å². The number of hydrogen-bond donors (Lipinski definition) is 1. The lowest BCUT2D eigenvalue weighted by molar-refractivity contribution is -0.117. The summed E-state index contributed by atoms with van der Waals surface area (Å²) in [4.78, 5) is 14.4. The number of likely N-dealkylation sites (N-methyl/N-ethyl adjacent to an activating group) is 1. The van der Waals surface area contributed by atoms with E-state index in [1.165, 1.54) is 12.8 Å². The van der Waals surface area contributed by atoms with E-state index < -0.39 is 0 Å². The average molecular weight is 394 g/mol. The lowest BCUT2D eigenvalue weighted by Gasteiger charge is -2.19. The number of aryl methyl sites for hydroxylation is 1. The van der Waals surface area contributed by atoms with E-state index in [-0.39, 0.29) is 11.8 Å². The summed E-state index contributed by atoms with van der Waals surface area (Å²) in [5.74, 6) is 1.60. The maximum absolute atomic E-state index is 12.0. The number of pyridine rings is 1. The molecule has 152 valence electrons. The Balaban J connectivity index is 1.38. The molecule has 1 N–H and O–H groups in total. The zero-order valence-electron chi connectivity index (χ0n) is 16.8. The number of ether oxygens (including phenoxy) is 1. The van der Waals surface area contributed by atoms with Crippen LogP contribution >= 0.6 is 0 Å². The normalized spacial score (nSPS) is 19.7. The molecular formula is C21H26N6O2. The van der Waals surface area contributed by atoms with Gasteiger partial charge >= 0.3 is 0 Å². The average Bonchev–Trinajstić information content (AvgIpc) is 3.21. The van der Waals surface area contributed by atoms with Gasteiger partial charge in [0.2, 0.25) is 5.91 Å². The van der Waals surface area contributed by atoms with Crippen molar-refractivity contribution in [3.05, 3.63) is 30.6 Å². The highest BCUT2D eigenvalue weighted by molar-refractivity contribution is 5.93. The fourth-order valence-electron chi connectivity index (χ4n) is 4.00. The van der Waals surface area contributed by atoms with Gasteiger partial charge in [0.1, 0.15) is 12.3 Å². The molecule has 8 heteroatoms. The van der Waals surface area contributed by atoms with Gasteiger partial charge in [0.25, 0.3) is 0 Å². The third-order valence-corrected chi connectivity index (χ3v) is 5.94. The summed E-state index contributed by atoms with van der Waals surface area (Å²) in [6, 6.07) is 6.40. The number of carbonyl (C=O) groups excluding carboxylic acids is 1. The van der Waals surface area contributed by atoms with Crippen molar-refractivity contribution in [1.29, 1.82) is 0 Å². The van der Waals surface area contributed by atoms with E-state index in [1.54, 1.807) is 10.7 Å². The molecule has 1 saturated heterocycles. The minimum atomic E-state index is 0.0628. The third-order valence-electron chi connectivity index (χ3n) is 5.94. The van der Waals surface area contributed by atoms with Crippen molar-refractivity contribution < 1.29 is 9.53 Å². The number of aromatic nitrogens is 4. The Morgan fingerprint density at radius 1 is 1.28 bits per heavy atom. The van der Waals surface area contributed by atoms with E-state index in [0.717, 1.165) is 41.9 Å². The molecule has 29 heavy (non-hydrogen) atoms. The first-order valence-electron chi connectivity index (χ1n) is 10.2. The lowest BCUT2D eigenvalue weighted by atomic mass is 10.1. The monoisotopic (exact) mass is 394 g/mol. The van der Waals surface area contributed by atoms with E-state index in [4.69, 9.17) is 4.74 Å². The summed E-state index contributed by atoms with van der Waals surface area (Å²) in [6.45, 7) is 1.80. The minimum absolute atomic E-state index is 0.0628. The molecule has 0 radical (unpaired) electrons. The molecule has 4 heterocycles. The zero-order chi connectivity index (χ0) is 20.0. The number of nitrogens with one attached hydrogen (secondary N) is 1. The Labute approximate surface area is 169 Å². The highest BCUT2D eigenvalue weighted by atomic mass is 16.5. The van der Waals surface area contributed by atoms with Crippen LogP contribution in [-0.2, 0) is 11.8 Å². The Morgan fingerprint density at radius 3 is 2.90 bits per heavy atom. The first kappa shape index (κ1) is 18.2. The number of fused-ring (bicyclic) bond motifs is 1. The molecule has 0 unspecified atom stereocenters. The summed E-state index contributed by atoms with van der Waals surface area (Å²) in [5, 5.41) is 11.8. The largest absolute Gasteiger partial charge is 0.488 e. The predicted molar refractivity (Wildman–Crippen MR) is 110 cm³/mol. The van der Waals surface area contributed by atoms with Gasteiger partial charge in [0.05, 0.1) is 11.7 Å². The van der Waals surface area contributed by atoms with Crippen LogP contribution in [0, 0.1) is 5.92 Å². The molecule has 2 fully saturated rings. The number of likely N-dealkylation sites (tertiary alicyclic amines) is 1. The lowest BCUT2D eigenvalue weighted by Crippen LogP contribution is -2.30. The number of nitrogens with zero attached hydrogens (tertiary/aromatic N) is 5. The van der Waals surface area contributed by atoms with E-state index in [9.17, 15) is 4.79 Å². The van der Waals surface area contributed by atoms with Gasteiger partial charge in [-0.3, -0.25) is 9.48 Å². The van der Waals surface area contributed by atoms with Gasteiger partial charge in [-0.15, -0.1) is 0 Å². The van der Waals surface area contributed by atoms with Crippen LogP contribution in [0.5, 0.6) is 5.75 Å². The van der Waals surface area contributed by atoms with Crippen LogP contribution in [0.3, 0.4) is 0 Å². The first-order valence-corrected chi connectivity index (χ1v) is 10.2. The van der Waals surface area contributed by atoms with Crippen molar-refractivity contribution in [1.82, 2.24) is 24.3 Å². The van der Waals surface area contributed by atoms with Crippen LogP contribution in [0.25, 0.3) is 16.8 Å². The summed E-state index contributed by atoms with van der Waals surface area (Å²) in [5.41, 5.74) is 2.86. The second-order valence-corrected chi connectivity index (χ2v) is 8.15. The second kappa shape index (κ2) is 7.18. The molecule has 3 aromatic heterocycles. The zero-order valence-corrected chi connectivity index (χ0v) is 16.8. The summed E-state index contributed by atoms with van der Waals surface area (Å²) in [7, 11) is 4.07. The predicted octanol–water partition coefficient (Wildman–Crippen LogP) is 2.56. The molecule has 5 rings (SSSR count). The molecule has 1 aliphatic heterocycles. The topological polar surface area (TPSA) is 76.7 Å². The molecule has 3 aromatic rings.